The van der Waals surface area contributed by atoms with E-state index in [-0.39, 0.29) is 12.8 Å². The molecule has 1 fully saturated rings. The first-order chi connectivity index (χ1) is 13.4. The normalized spacial score (nSPS) is 19.1. The van der Waals surface area contributed by atoms with Crippen molar-refractivity contribution in [2.45, 2.75) is 12.8 Å². The van der Waals surface area contributed by atoms with Crippen molar-refractivity contribution in [3.63, 3.8) is 0 Å². The first-order valence-electron chi connectivity index (χ1n) is 8.73. The van der Waals surface area contributed by atoms with Crippen molar-refractivity contribution in [1.29, 1.82) is 0 Å². The van der Waals surface area contributed by atoms with Crippen molar-refractivity contribution < 1.29 is 19.2 Å². The lowest BCUT2D eigenvalue weighted by Gasteiger charge is -2.25. The zero-order chi connectivity index (χ0) is 20.3. The van der Waals surface area contributed by atoms with Crippen molar-refractivity contribution >= 4 is 46.1 Å². The number of Topliss-reactive ketones (excluding diaryl/α,β-unsaturated/α-hetero) is 2. The number of nitrogen functional groups attached to an aromatic ring is 2. The van der Waals surface area contributed by atoms with Crippen LogP contribution in [-0.4, -0.2) is 23.4 Å². The Morgan fingerprint density at radius 2 is 1.07 bits per heavy atom. The van der Waals surface area contributed by atoms with Crippen molar-refractivity contribution in [2.75, 3.05) is 22.1 Å². The lowest BCUT2D eigenvalue weighted by atomic mass is 9.79. The zero-order valence-electron chi connectivity index (χ0n) is 15.0. The monoisotopic (exact) mass is 380 g/mol. The highest BCUT2D eigenvalue weighted by Gasteiger charge is 2.42. The van der Waals surface area contributed by atoms with Gasteiger partial charge in [0, 0.05) is 12.8 Å². The summed E-state index contributed by atoms with van der Waals surface area (Å²) in [7, 11) is 0. The summed E-state index contributed by atoms with van der Waals surface area (Å²) in [6.45, 7) is 0. The van der Waals surface area contributed by atoms with Crippen LogP contribution in [0, 0.1) is 11.8 Å². The molecule has 6 N–H and O–H groups in total. The molecule has 0 heterocycles. The van der Waals surface area contributed by atoms with Crippen LogP contribution in [0.5, 0.6) is 0 Å². The topological polar surface area (TPSA) is 144 Å². The molecule has 2 aromatic rings. The van der Waals surface area contributed by atoms with Gasteiger partial charge in [0.25, 0.3) is 0 Å². The van der Waals surface area contributed by atoms with Crippen molar-refractivity contribution in [1.82, 2.24) is 0 Å². The third kappa shape index (κ3) is 4.01. The molecule has 2 aromatic carbocycles. The maximum absolute atomic E-state index is 12.4. The van der Waals surface area contributed by atoms with E-state index in [0.717, 1.165) is 0 Å². The number of benzene rings is 2. The molecule has 0 aliphatic heterocycles. The van der Waals surface area contributed by atoms with Gasteiger partial charge in [-0.15, -0.1) is 0 Å². The lowest BCUT2D eigenvalue weighted by molar-refractivity contribution is -0.145. The molecule has 2 amide bonds. The fourth-order valence-electron chi connectivity index (χ4n) is 3.05. The van der Waals surface area contributed by atoms with E-state index in [9.17, 15) is 19.2 Å². The van der Waals surface area contributed by atoms with Gasteiger partial charge in [-0.3, -0.25) is 19.2 Å². The van der Waals surface area contributed by atoms with Crippen LogP contribution < -0.4 is 22.1 Å². The van der Waals surface area contributed by atoms with Gasteiger partial charge in [0.05, 0.1) is 22.7 Å². The summed E-state index contributed by atoms with van der Waals surface area (Å²) in [5.41, 5.74) is 13.0. The number of para-hydroxylation sites is 4. The minimum absolute atomic E-state index is 0.334. The molecular formula is C20H20N4O4. The summed E-state index contributed by atoms with van der Waals surface area (Å²) >= 11 is 0. The average molecular weight is 380 g/mol. The van der Waals surface area contributed by atoms with Gasteiger partial charge < -0.3 is 22.1 Å². The predicted molar refractivity (Wildman–Crippen MR) is 105 cm³/mol. The molecule has 28 heavy (non-hydrogen) atoms. The highest BCUT2D eigenvalue weighted by Crippen LogP contribution is 2.27. The number of rotatable bonds is 4. The van der Waals surface area contributed by atoms with Gasteiger partial charge in [0.2, 0.25) is 11.8 Å². The number of carbonyl (C=O) groups is 4. The Morgan fingerprint density at radius 3 is 1.43 bits per heavy atom. The van der Waals surface area contributed by atoms with E-state index in [1.165, 1.54) is 0 Å². The molecule has 0 saturated heterocycles. The molecule has 1 saturated carbocycles. The number of amides is 2. The third-order valence-corrected chi connectivity index (χ3v) is 4.66. The highest BCUT2D eigenvalue weighted by atomic mass is 16.2. The van der Waals surface area contributed by atoms with E-state index in [2.05, 4.69) is 10.6 Å². The van der Waals surface area contributed by atoms with Gasteiger partial charge in [-0.1, -0.05) is 24.3 Å². The van der Waals surface area contributed by atoms with E-state index in [4.69, 9.17) is 11.5 Å². The second-order valence-electron chi connectivity index (χ2n) is 6.60. The van der Waals surface area contributed by atoms with Gasteiger partial charge in [-0.2, -0.15) is 0 Å². The van der Waals surface area contributed by atoms with Crippen LogP contribution in [0.3, 0.4) is 0 Å². The van der Waals surface area contributed by atoms with Crippen LogP contribution >= 0.6 is 0 Å². The molecule has 1 aliphatic rings. The minimum atomic E-state index is -1.14. The Hall–Kier alpha value is -3.68. The Labute approximate surface area is 161 Å². The van der Waals surface area contributed by atoms with Crippen molar-refractivity contribution in [2.24, 2.45) is 11.8 Å². The molecule has 2 atom stereocenters. The van der Waals surface area contributed by atoms with E-state index < -0.39 is 35.2 Å². The fourth-order valence-corrected chi connectivity index (χ4v) is 3.05. The number of nitrogens with one attached hydrogen (secondary N) is 2. The molecule has 1 aliphatic carbocycles. The number of nitrogens with two attached hydrogens (primary N) is 2. The van der Waals surface area contributed by atoms with Crippen molar-refractivity contribution in [3.8, 4) is 0 Å². The molecule has 0 bridgehead atoms. The maximum atomic E-state index is 12.4. The quantitative estimate of drug-likeness (QED) is 0.468. The van der Waals surface area contributed by atoms with Gasteiger partial charge in [0.1, 0.15) is 23.4 Å². The standard InChI is InChI=1S/C20H20N4O4/c21-13-5-1-3-7-15(13)23-19(27)11-9-18(26)12(10-17(11)25)20(28)24-16-8-4-2-6-14(16)22/h1-8,11-12H,9-10,21-22H2,(H,23,27)(H,24,28). The van der Waals surface area contributed by atoms with Crippen LogP contribution in [0.15, 0.2) is 48.5 Å². The fraction of sp³-hybridized carbons (Fsp3) is 0.200. The van der Waals surface area contributed by atoms with Crippen LogP contribution in [-0.2, 0) is 19.2 Å². The molecule has 0 spiro atoms. The molecular weight excluding hydrogens is 360 g/mol. The molecule has 2 unspecified atom stereocenters. The number of anilines is 4. The Balaban J connectivity index is 1.67. The lowest BCUT2D eigenvalue weighted by Crippen LogP contribution is -2.43. The van der Waals surface area contributed by atoms with Crippen molar-refractivity contribution in [3.05, 3.63) is 48.5 Å². The van der Waals surface area contributed by atoms with Gasteiger partial charge in [0.15, 0.2) is 0 Å². The Kier molecular flexibility index (Phi) is 5.39. The summed E-state index contributed by atoms with van der Waals surface area (Å²) in [5.74, 6) is -4.43. The molecule has 3 rings (SSSR count). The van der Waals surface area contributed by atoms with Crippen LogP contribution in [0.2, 0.25) is 0 Å². The minimum Gasteiger partial charge on any atom is -0.397 e. The SMILES string of the molecule is Nc1ccccc1NC(=O)C1CC(=O)C(C(=O)Nc2ccccc2N)CC1=O. The molecule has 8 heteroatoms. The summed E-state index contributed by atoms with van der Waals surface area (Å²) in [5, 5.41) is 5.14. The average Bonchev–Trinajstić information content (AvgIpc) is 2.66. The van der Waals surface area contributed by atoms with E-state index >= 15 is 0 Å². The third-order valence-electron chi connectivity index (χ3n) is 4.66. The largest absolute Gasteiger partial charge is 0.397 e. The number of hydrogen-bond donors (Lipinski definition) is 4. The first-order valence-corrected chi connectivity index (χ1v) is 8.73. The Bertz CT molecular complexity index is 879. The summed E-state index contributed by atoms with van der Waals surface area (Å²) < 4.78 is 0. The van der Waals surface area contributed by atoms with Crippen LogP contribution in [0.4, 0.5) is 22.7 Å². The van der Waals surface area contributed by atoms with Gasteiger partial charge >= 0.3 is 0 Å². The van der Waals surface area contributed by atoms with Gasteiger partial charge in [-0.25, -0.2) is 0 Å². The molecule has 8 nitrogen and oxygen atoms in total. The summed E-state index contributed by atoms with van der Waals surface area (Å²) in [6.07, 6.45) is -0.667. The van der Waals surface area contributed by atoms with E-state index in [1.807, 2.05) is 0 Å². The first kappa shape index (κ1) is 19.1. The summed E-state index contributed by atoms with van der Waals surface area (Å²) in [6, 6.07) is 13.2. The van der Waals surface area contributed by atoms with E-state index in [1.54, 1.807) is 48.5 Å². The van der Waals surface area contributed by atoms with Crippen LogP contribution in [0.1, 0.15) is 12.8 Å². The second-order valence-corrected chi connectivity index (χ2v) is 6.60. The maximum Gasteiger partial charge on any atom is 0.235 e. The zero-order valence-corrected chi connectivity index (χ0v) is 15.0. The van der Waals surface area contributed by atoms with Crippen LogP contribution in [0.25, 0.3) is 0 Å². The highest BCUT2D eigenvalue weighted by molar-refractivity contribution is 6.18. The number of carbonyl (C=O) groups excluding carboxylic acids is 4. The number of ketones is 2. The summed E-state index contributed by atoms with van der Waals surface area (Å²) in [4.78, 5) is 49.7. The Morgan fingerprint density at radius 1 is 0.714 bits per heavy atom. The number of hydrogen-bond acceptors (Lipinski definition) is 6. The second kappa shape index (κ2) is 7.91. The predicted octanol–water partition coefficient (Wildman–Crippen LogP) is 1.59. The van der Waals surface area contributed by atoms with Gasteiger partial charge in [-0.05, 0) is 24.3 Å². The smallest absolute Gasteiger partial charge is 0.235 e. The molecule has 0 aromatic heterocycles. The molecule has 0 radical (unpaired) electrons. The van der Waals surface area contributed by atoms with E-state index in [0.29, 0.717) is 22.7 Å². The molecule has 144 valence electrons.